The minimum atomic E-state index is -3.21. The summed E-state index contributed by atoms with van der Waals surface area (Å²) in [6.45, 7) is 4.57. The first-order chi connectivity index (χ1) is 12.4. The first kappa shape index (κ1) is 18.0. The van der Waals surface area contributed by atoms with Crippen molar-refractivity contribution in [2.45, 2.75) is 56.7 Å². The number of fused-ring (bicyclic) bond motifs is 3. The number of nitrogens with one attached hydrogen (secondary N) is 1. The fourth-order valence-corrected chi connectivity index (χ4v) is 6.41. The average Bonchev–Trinajstić information content (AvgIpc) is 3.12. The number of hydrogen-bond acceptors (Lipinski definition) is 3. The summed E-state index contributed by atoms with van der Waals surface area (Å²) in [7, 11) is -3.21. The number of amides is 1. The predicted octanol–water partition coefficient (Wildman–Crippen LogP) is 2.28. The van der Waals surface area contributed by atoms with Gasteiger partial charge in [-0.1, -0.05) is 24.3 Å². The molecule has 0 radical (unpaired) electrons. The second-order valence-corrected chi connectivity index (χ2v) is 10.8. The van der Waals surface area contributed by atoms with E-state index in [9.17, 15) is 13.2 Å². The zero-order valence-corrected chi connectivity index (χ0v) is 16.3. The van der Waals surface area contributed by atoms with Gasteiger partial charge in [0.1, 0.15) is 0 Å². The van der Waals surface area contributed by atoms with Crippen LogP contribution in [0.3, 0.4) is 0 Å². The van der Waals surface area contributed by atoms with Crippen LogP contribution in [0.4, 0.5) is 0 Å². The Balaban J connectivity index is 1.45. The lowest BCUT2D eigenvalue weighted by Crippen LogP contribution is -2.55. The standard InChI is InChI=1S/C20H28N2O3S/c1-13(2)26(24,25)22-11-15-7-8-16(12-22)19(15)21-20(23)18-10-9-14-5-3-4-6-17(14)18/h3-6,13,15-16,18-19H,7-12H2,1-2H3,(H,21,23)/t15-,16+,18?,19?. The Morgan fingerprint density at radius 2 is 1.77 bits per heavy atom. The molecule has 1 aromatic rings. The van der Waals surface area contributed by atoms with Crippen LogP contribution in [0, 0.1) is 11.8 Å². The Morgan fingerprint density at radius 1 is 1.12 bits per heavy atom. The quantitative estimate of drug-likeness (QED) is 0.877. The number of carbonyl (C=O) groups is 1. The van der Waals surface area contributed by atoms with E-state index in [4.69, 9.17) is 0 Å². The van der Waals surface area contributed by atoms with Crippen LogP contribution in [-0.2, 0) is 21.2 Å². The van der Waals surface area contributed by atoms with Crippen molar-refractivity contribution in [1.82, 2.24) is 9.62 Å². The Labute approximate surface area is 156 Å². The molecule has 1 amide bonds. The second kappa shape index (κ2) is 6.64. The molecule has 1 heterocycles. The van der Waals surface area contributed by atoms with E-state index in [-0.39, 0.29) is 35.0 Å². The first-order valence-corrected chi connectivity index (χ1v) is 11.3. The van der Waals surface area contributed by atoms with E-state index in [0.29, 0.717) is 13.1 Å². The van der Waals surface area contributed by atoms with Crippen LogP contribution in [0.5, 0.6) is 0 Å². The Kier molecular flexibility index (Phi) is 4.59. The van der Waals surface area contributed by atoms with Crippen LogP contribution in [0.2, 0.25) is 0 Å². The van der Waals surface area contributed by atoms with Crippen molar-refractivity contribution in [3.63, 3.8) is 0 Å². The highest BCUT2D eigenvalue weighted by atomic mass is 32.2. The molecular formula is C20H28N2O3S. The first-order valence-electron chi connectivity index (χ1n) is 9.75. The number of piperidine rings is 1. The molecule has 1 N–H and O–H groups in total. The van der Waals surface area contributed by atoms with E-state index < -0.39 is 10.0 Å². The monoisotopic (exact) mass is 376 g/mol. The van der Waals surface area contributed by atoms with Gasteiger partial charge < -0.3 is 5.32 Å². The Hall–Kier alpha value is -1.40. The van der Waals surface area contributed by atoms with Gasteiger partial charge >= 0.3 is 0 Å². The zero-order chi connectivity index (χ0) is 18.5. The third-order valence-corrected chi connectivity index (χ3v) is 8.72. The van der Waals surface area contributed by atoms with Crippen molar-refractivity contribution in [2.24, 2.45) is 11.8 Å². The maximum atomic E-state index is 12.9. The van der Waals surface area contributed by atoms with Crippen molar-refractivity contribution in [2.75, 3.05) is 13.1 Å². The molecule has 5 nitrogen and oxygen atoms in total. The van der Waals surface area contributed by atoms with Gasteiger partial charge in [-0.2, -0.15) is 0 Å². The summed E-state index contributed by atoms with van der Waals surface area (Å²) < 4.78 is 26.7. The van der Waals surface area contributed by atoms with Gasteiger partial charge in [0.25, 0.3) is 0 Å². The highest BCUT2D eigenvalue weighted by molar-refractivity contribution is 7.89. The predicted molar refractivity (Wildman–Crippen MR) is 101 cm³/mol. The van der Waals surface area contributed by atoms with E-state index in [1.54, 1.807) is 18.2 Å². The maximum absolute atomic E-state index is 12.9. The summed E-state index contributed by atoms with van der Waals surface area (Å²) in [5.41, 5.74) is 2.45. The summed E-state index contributed by atoms with van der Waals surface area (Å²) >= 11 is 0. The zero-order valence-electron chi connectivity index (χ0n) is 15.5. The smallest absolute Gasteiger partial charge is 0.227 e. The van der Waals surface area contributed by atoms with E-state index in [0.717, 1.165) is 31.2 Å². The SMILES string of the molecule is CC(C)S(=O)(=O)N1C[C@H]2CC[C@@H](C1)C2NC(=O)C1CCc2ccccc21. The summed E-state index contributed by atoms with van der Waals surface area (Å²) in [4.78, 5) is 12.9. The molecule has 4 rings (SSSR count). The van der Waals surface area contributed by atoms with Gasteiger partial charge in [0.2, 0.25) is 15.9 Å². The molecule has 3 aliphatic rings. The highest BCUT2D eigenvalue weighted by Crippen LogP contribution is 2.40. The molecule has 2 unspecified atom stereocenters. The van der Waals surface area contributed by atoms with Crippen LogP contribution in [0.15, 0.2) is 24.3 Å². The molecular weight excluding hydrogens is 348 g/mol. The van der Waals surface area contributed by atoms with E-state index in [2.05, 4.69) is 17.4 Å². The fraction of sp³-hybridized carbons (Fsp3) is 0.650. The Morgan fingerprint density at radius 3 is 2.42 bits per heavy atom. The van der Waals surface area contributed by atoms with E-state index in [1.165, 1.54) is 5.56 Å². The lowest BCUT2D eigenvalue weighted by molar-refractivity contribution is -0.124. The number of nitrogens with zero attached hydrogens (tertiary/aromatic N) is 1. The van der Waals surface area contributed by atoms with E-state index in [1.807, 2.05) is 12.1 Å². The minimum absolute atomic E-state index is 0.0528. The van der Waals surface area contributed by atoms with Gasteiger partial charge in [-0.25, -0.2) is 12.7 Å². The van der Waals surface area contributed by atoms with Crippen molar-refractivity contribution < 1.29 is 13.2 Å². The molecule has 0 aromatic heterocycles. The lowest BCUT2D eigenvalue weighted by atomic mass is 9.92. The second-order valence-electron chi connectivity index (χ2n) is 8.33. The van der Waals surface area contributed by atoms with Crippen molar-refractivity contribution in [1.29, 1.82) is 0 Å². The van der Waals surface area contributed by atoms with Gasteiger partial charge in [0.05, 0.1) is 11.2 Å². The molecule has 142 valence electrons. The largest absolute Gasteiger partial charge is 0.352 e. The number of sulfonamides is 1. The van der Waals surface area contributed by atoms with E-state index >= 15 is 0 Å². The molecule has 2 aliphatic carbocycles. The molecule has 26 heavy (non-hydrogen) atoms. The van der Waals surface area contributed by atoms with Crippen LogP contribution >= 0.6 is 0 Å². The third kappa shape index (κ3) is 2.97. The summed E-state index contributed by atoms with van der Waals surface area (Å²) in [5, 5.41) is 2.92. The van der Waals surface area contributed by atoms with Crippen LogP contribution in [0.1, 0.15) is 50.2 Å². The summed E-state index contributed by atoms with van der Waals surface area (Å²) in [6, 6.07) is 8.34. The van der Waals surface area contributed by atoms with Crippen molar-refractivity contribution in [3.8, 4) is 0 Å². The number of carbonyl (C=O) groups excluding carboxylic acids is 1. The molecule has 1 aromatic carbocycles. The molecule has 6 heteroatoms. The highest BCUT2D eigenvalue weighted by Gasteiger charge is 2.46. The molecule has 0 spiro atoms. The van der Waals surface area contributed by atoms with Crippen molar-refractivity contribution >= 4 is 15.9 Å². The number of rotatable bonds is 4. The normalized spacial score (nSPS) is 31.2. The van der Waals surface area contributed by atoms with Crippen molar-refractivity contribution in [3.05, 3.63) is 35.4 Å². The average molecular weight is 377 g/mol. The van der Waals surface area contributed by atoms with Gasteiger partial charge in [-0.15, -0.1) is 0 Å². The van der Waals surface area contributed by atoms with Crippen LogP contribution in [0.25, 0.3) is 0 Å². The van der Waals surface area contributed by atoms with Gasteiger partial charge in [-0.05, 0) is 62.5 Å². The third-order valence-electron chi connectivity index (χ3n) is 6.51. The number of hydrogen-bond donors (Lipinski definition) is 1. The molecule has 1 aliphatic heterocycles. The summed E-state index contributed by atoms with van der Waals surface area (Å²) in [5.74, 6) is 0.547. The Bertz CT molecular complexity index is 791. The lowest BCUT2D eigenvalue weighted by Gasteiger charge is -2.38. The molecule has 1 saturated heterocycles. The minimum Gasteiger partial charge on any atom is -0.352 e. The molecule has 1 saturated carbocycles. The number of benzene rings is 1. The van der Waals surface area contributed by atoms with Crippen LogP contribution < -0.4 is 5.32 Å². The van der Waals surface area contributed by atoms with Gasteiger partial charge in [0.15, 0.2) is 0 Å². The molecule has 2 fully saturated rings. The molecule has 2 bridgehead atoms. The maximum Gasteiger partial charge on any atom is 0.227 e. The van der Waals surface area contributed by atoms with Gasteiger partial charge in [0, 0.05) is 19.1 Å². The fourth-order valence-electron chi connectivity index (χ4n) is 5.02. The topological polar surface area (TPSA) is 66.5 Å². The van der Waals surface area contributed by atoms with Gasteiger partial charge in [-0.3, -0.25) is 4.79 Å². The van der Waals surface area contributed by atoms with Crippen LogP contribution in [-0.4, -0.2) is 43.0 Å². The summed E-state index contributed by atoms with van der Waals surface area (Å²) in [6.07, 6.45) is 3.84. The molecule has 4 atom stereocenters. The number of aryl methyl sites for hydroxylation is 1.